The topological polar surface area (TPSA) is 87.2 Å². The number of hydrogen-bond donors (Lipinski definition) is 1. The van der Waals surface area contributed by atoms with E-state index in [2.05, 4.69) is 26.2 Å². The number of ether oxygens (including phenoxy) is 2. The zero-order valence-corrected chi connectivity index (χ0v) is 21.4. The van der Waals surface area contributed by atoms with Crippen molar-refractivity contribution in [3.63, 3.8) is 0 Å². The minimum absolute atomic E-state index is 0.183. The van der Waals surface area contributed by atoms with Crippen LogP contribution < -0.4 is 10.1 Å². The van der Waals surface area contributed by atoms with Crippen molar-refractivity contribution < 1.29 is 19.1 Å². The van der Waals surface area contributed by atoms with E-state index in [1.165, 1.54) is 5.56 Å². The molecule has 1 aromatic heterocycles. The monoisotopic (exact) mass is 515 g/mol. The molecular formula is C29H33N5O4. The van der Waals surface area contributed by atoms with E-state index in [4.69, 9.17) is 9.47 Å². The maximum atomic E-state index is 12.7. The molecule has 198 valence electrons. The third-order valence-corrected chi connectivity index (χ3v) is 6.80. The van der Waals surface area contributed by atoms with E-state index in [9.17, 15) is 9.59 Å². The SMILES string of the molecule is O=C(Nc1ccc(OC(=O)N2CCN(Cc3cccnc3)CC2)cc1)c1ccc(CN2CCOCC2)cc1. The van der Waals surface area contributed by atoms with Crippen LogP contribution in [-0.2, 0) is 17.8 Å². The van der Waals surface area contributed by atoms with Crippen LogP contribution in [0.3, 0.4) is 0 Å². The Bertz CT molecular complexity index is 1190. The summed E-state index contributed by atoms with van der Waals surface area (Å²) in [6.07, 6.45) is 3.28. The molecule has 2 saturated heterocycles. The lowest BCUT2D eigenvalue weighted by molar-refractivity contribution is 0.0342. The van der Waals surface area contributed by atoms with Gasteiger partial charge in [-0.1, -0.05) is 18.2 Å². The number of anilines is 1. The van der Waals surface area contributed by atoms with Gasteiger partial charge >= 0.3 is 6.09 Å². The van der Waals surface area contributed by atoms with Gasteiger partial charge in [-0.05, 0) is 53.6 Å². The maximum absolute atomic E-state index is 12.7. The molecule has 38 heavy (non-hydrogen) atoms. The van der Waals surface area contributed by atoms with Crippen LogP contribution in [0.2, 0.25) is 0 Å². The molecule has 3 aromatic rings. The highest BCUT2D eigenvalue weighted by Crippen LogP contribution is 2.19. The molecule has 0 atom stereocenters. The maximum Gasteiger partial charge on any atom is 0.415 e. The number of morpholine rings is 1. The van der Waals surface area contributed by atoms with Crippen LogP contribution in [0.15, 0.2) is 73.1 Å². The molecule has 2 amide bonds. The molecule has 9 heteroatoms. The van der Waals surface area contributed by atoms with Gasteiger partial charge in [0.05, 0.1) is 13.2 Å². The van der Waals surface area contributed by atoms with Gasteiger partial charge in [0, 0.05) is 76.0 Å². The van der Waals surface area contributed by atoms with Gasteiger partial charge in [0.1, 0.15) is 5.75 Å². The molecule has 0 radical (unpaired) electrons. The summed E-state index contributed by atoms with van der Waals surface area (Å²) in [6, 6.07) is 18.5. The zero-order chi connectivity index (χ0) is 26.2. The van der Waals surface area contributed by atoms with E-state index in [1.807, 2.05) is 36.5 Å². The fraction of sp³-hybridized carbons (Fsp3) is 0.345. The Balaban J connectivity index is 1.06. The zero-order valence-electron chi connectivity index (χ0n) is 21.4. The molecule has 2 aliphatic rings. The molecule has 1 N–H and O–H groups in total. The van der Waals surface area contributed by atoms with Crippen molar-refractivity contribution in [1.29, 1.82) is 0 Å². The van der Waals surface area contributed by atoms with E-state index >= 15 is 0 Å². The molecular weight excluding hydrogens is 482 g/mol. The van der Waals surface area contributed by atoms with Gasteiger partial charge in [-0.25, -0.2) is 4.79 Å². The van der Waals surface area contributed by atoms with Crippen LogP contribution >= 0.6 is 0 Å². The van der Waals surface area contributed by atoms with Crippen molar-refractivity contribution >= 4 is 17.7 Å². The number of aromatic nitrogens is 1. The predicted octanol–water partition coefficient (Wildman–Crippen LogP) is 3.48. The molecule has 2 fully saturated rings. The Morgan fingerprint density at radius 2 is 1.50 bits per heavy atom. The van der Waals surface area contributed by atoms with Gasteiger partial charge in [-0.2, -0.15) is 0 Å². The molecule has 0 spiro atoms. The van der Waals surface area contributed by atoms with Crippen molar-refractivity contribution in [2.24, 2.45) is 0 Å². The quantitative estimate of drug-likeness (QED) is 0.516. The molecule has 0 unspecified atom stereocenters. The Labute approximate surface area is 223 Å². The number of nitrogens with zero attached hydrogens (tertiary/aromatic N) is 4. The second-order valence-corrected chi connectivity index (χ2v) is 9.56. The van der Waals surface area contributed by atoms with Gasteiger partial charge < -0.3 is 19.7 Å². The van der Waals surface area contributed by atoms with Crippen LogP contribution in [0.1, 0.15) is 21.5 Å². The summed E-state index contributed by atoms with van der Waals surface area (Å²) in [7, 11) is 0. The summed E-state index contributed by atoms with van der Waals surface area (Å²) in [5.74, 6) is 0.259. The number of carbonyl (C=O) groups excluding carboxylic acids is 2. The van der Waals surface area contributed by atoms with Crippen molar-refractivity contribution in [2.45, 2.75) is 13.1 Å². The Hall–Kier alpha value is -3.79. The van der Waals surface area contributed by atoms with Gasteiger partial charge in [-0.15, -0.1) is 0 Å². The van der Waals surface area contributed by atoms with Gasteiger partial charge in [0.25, 0.3) is 5.91 Å². The number of benzene rings is 2. The third kappa shape index (κ3) is 7.16. The van der Waals surface area contributed by atoms with Crippen LogP contribution in [0.5, 0.6) is 5.75 Å². The Morgan fingerprint density at radius 3 is 2.18 bits per heavy atom. The minimum Gasteiger partial charge on any atom is -0.410 e. The van der Waals surface area contributed by atoms with Crippen molar-refractivity contribution in [2.75, 3.05) is 57.8 Å². The first-order valence-electron chi connectivity index (χ1n) is 13.0. The first-order valence-corrected chi connectivity index (χ1v) is 13.0. The summed E-state index contributed by atoms with van der Waals surface area (Å²) >= 11 is 0. The molecule has 2 aliphatic heterocycles. The number of amides is 2. The highest BCUT2D eigenvalue weighted by atomic mass is 16.6. The van der Waals surface area contributed by atoms with E-state index in [1.54, 1.807) is 35.4 Å². The van der Waals surface area contributed by atoms with Crippen molar-refractivity contribution in [1.82, 2.24) is 19.7 Å². The standard InChI is InChI=1S/C29H33N5O4/c35-28(25-5-3-23(4-6-25)21-33-16-18-37-19-17-33)31-26-7-9-27(10-8-26)38-29(36)34-14-12-32(13-15-34)22-24-2-1-11-30-20-24/h1-11,20H,12-19,21-22H2,(H,31,35). The lowest BCUT2D eigenvalue weighted by Gasteiger charge is -2.33. The second kappa shape index (κ2) is 12.6. The number of rotatable bonds is 7. The van der Waals surface area contributed by atoms with Crippen LogP contribution in [0.25, 0.3) is 0 Å². The van der Waals surface area contributed by atoms with Crippen LogP contribution in [-0.4, -0.2) is 84.2 Å². The fourth-order valence-electron chi connectivity index (χ4n) is 4.59. The molecule has 0 bridgehead atoms. The summed E-state index contributed by atoms with van der Waals surface area (Å²) < 4.78 is 11.0. The number of hydrogen-bond acceptors (Lipinski definition) is 7. The smallest absolute Gasteiger partial charge is 0.410 e. The molecule has 3 heterocycles. The van der Waals surface area contributed by atoms with E-state index in [0.717, 1.165) is 58.0 Å². The van der Waals surface area contributed by atoms with E-state index < -0.39 is 0 Å². The Kier molecular flexibility index (Phi) is 8.60. The lowest BCUT2D eigenvalue weighted by atomic mass is 10.1. The molecule has 0 aliphatic carbocycles. The molecule has 2 aromatic carbocycles. The van der Waals surface area contributed by atoms with Crippen molar-refractivity contribution in [3.05, 3.63) is 89.7 Å². The van der Waals surface area contributed by atoms with E-state index in [-0.39, 0.29) is 12.0 Å². The third-order valence-electron chi connectivity index (χ3n) is 6.80. The van der Waals surface area contributed by atoms with Gasteiger partial charge in [0.2, 0.25) is 0 Å². The molecule has 9 nitrogen and oxygen atoms in total. The van der Waals surface area contributed by atoms with Crippen LogP contribution in [0.4, 0.5) is 10.5 Å². The lowest BCUT2D eigenvalue weighted by Crippen LogP contribution is -2.49. The molecule has 0 saturated carbocycles. The first-order chi connectivity index (χ1) is 18.6. The summed E-state index contributed by atoms with van der Waals surface area (Å²) in [6.45, 7) is 7.85. The molecule has 5 rings (SSSR count). The number of piperazine rings is 1. The summed E-state index contributed by atoms with van der Waals surface area (Å²) in [5, 5.41) is 2.90. The average molecular weight is 516 g/mol. The highest BCUT2D eigenvalue weighted by molar-refractivity contribution is 6.04. The van der Waals surface area contributed by atoms with Gasteiger partial charge in [0.15, 0.2) is 0 Å². The van der Waals surface area contributed by atoms with E-state index in [0.29, 0.717) is 30.1 Å². The number of pyridine rings is 1. The van der Waals surface area contributed by atoms with Crippen molar-refractivity contribution in [3.8, 4) is 5.75 Å². The first kappa shape index (κ1) is 25.8. The van der Waals surface area contributed by atoms with Gasteiger partial charge in [-0.3, -0.25) is 19.6 Å². The number of nitrogens with one attached hydrogen (secondary N) is 1. The predicted molar refractivity (Wildman–Crippen MR) is 144 cm³/mol. The Morgan fingerprint density at radius 1 is 0.816 bits per heavy atom. The summed E-state index contributed by atoms with van der Waals surface area (Å²) in [4.78, 5) is 35.8. The number of carbonyl (C=O) groups is 2. The summed E-state index contributed by atoms with van der Waals surface area (Å²) in [5.41, 5.74) is 3.56. The second-order valence-electron chi connectivity index (χ2n) is 9.56. The highest BCUT2D eigenvalue weighted by Gasteiger charge is 2.22. The normalized spacial score (nSPS) is 16.7. The van der Waals surface area contributed by atoms with Crippen LogP contribution in [0, 0.1) is 0 Å². The fourth-order valence-corrected chi connectivity index (χ4v) is 4.59. The minimum atomic E-state index is -0.361. The largest absolute Gasteiger partial charge is 0.415 e. The average Bonchev–Trinajstić information content (AvgIpc) is 2.96.